The quantitative estimate of drug-likeness (QED) is 0.382. The predicted molar refractivity (Wildman–Crippen MR) is 77.5 cm³/mol. The molecule has 2 aromatic rings. The number of aryl methyl sites for hydroxylation is 2. The van der Waals surface area contributed by atoms with E-state index in [1.54, 1.807) is 0 Å². The molecule has 3 nitrogen and oxygen atoms in total. The van der Waals surface area contributed by atoms with Crippen molar-refractivity contribution in [1.82, 2.24) is 5.32 Å². The van der Waals surface area contributed by atoms with Gasteiger partial charge in [-0.15, -0.1) is 0 Å². The van der Waals surface area contributed by atoms with E-state index >= 15 is 0 Å². The van der Waals surface area contributed by atoms with Gasteiger partial charge >= 0.3 is 0 Å². The van der Waals surface area contributed by atoms with Crippen LogP contribution in [0, 0.1) is 13.8 Å². The third-order valence-electron chi connectivity index (χ3n) is 3.18. The Balaban J connectivity index is 2.11. The molecule has 19 heavy (non-hydrogen) atoms. The van der Waals surface area contributed by atoms with Crippen molar-refractivity contribution in [2.45, 2.75) is 20.4 Å². The molecule has 2 aromatic carbocycles. The molecule has 2 rings (SSSR count). The number of amidine groups is 1. The summed E-state index contributed by atoms with van der Waals surface area (Å²) in [6, 6.07) is 16.0. The smallest absolute Gasteiger partial charge is 0.172 e. The molecule has 0 heterocycles. The zero-order valence-corrected chi connectivity index (χ0v) is 11.2. The van der Waals surface area contributed by atoms with Crippen LogP contribution in [0.2, 0.25) is 0 Å². The van der Waals surface area contributed by atoms with Gasteiger partial charge in [-0.05, 0) is 36.6 Å². The zero-order valence-electron chi connectivity index (χ0n) is 11.2. The second-order valence-electron chi connectivity index (χ2n) is 4.59. The number of nitrogens with one attached hydrogen (secondary N) is 1. The molecule has 0 saturated carbocycles. The molecule has 0 fully saturated rings. The zero-order chi connectivity index (χ0) is 13.7. The van der Waals surface area contributed by atoms with Crippen LogP contribution >= 0.6 is 0 Å². The SMILES string of the molecule is Cc1ccc(/C(=N/O)NCc2ccccc2)cc1C. The molecule has 0 aliphatic carbocycles. The molecule has 0 spiro atoms. The molecule has 0 atom stereocenters. The van der Waals surface area contributed by atoms with Crippen LogP contribution in [0.5, 0.6) is 0 Å². The summed E-state index contributed by atoms with van der Waals surface area (Å²) < 4.78 is 0. The molecule has 0 aliphatic heterocycles. The Bertz CT molecular complexity index is 577. The van der Waals surface area contributed by atoms with Crippen molar-refractivity contribution < 1.29 is 5.21 Å². The number of benzene rings is 2. The topological polar surface area (TPSA) is 44.6 Å². The number of rotatable bonds is 3. The van der Waals surface area contributed by atoms with Gasteiger partial charge in [0.25, 0.3) is 0 Å². The van der Waals surface area contributed by atoms with E-state index in [1.807, 2.05) is 55.5 Å². The van der Waals surface area contributed by atoms with Crippen molar-refractivity contribution in [3.05, 3.63) is 70.8 Å². The number of hydrogen-bond acceptors (Lipinski definition) is 2. The van der Waals surface area contributed by atoms with Gasteiger partial charge in [-0.3, -0.25) is 0 Å². The largest absolute Gasteiger partial charge is 0.409 e. The van der Waals surface area contributed by atoms with Crippen LogP contribution in [0.4, 0.5) is 0 Å². The monoisotopic (exact) mass is 254 g/mol. The minimum Gasteiger partial charge on any atom is -0.409 e. The molecule has 0 unspecified atom stereocenters. The Labute approximate surface area is 113 Å². The van der Waals surface area contributed by atoms with Crippen molar-refractivity contribution in [3.8, 4) is 0 Å². The van der Waals surface area contributed by atoms with Crippen molar-refractivity contribution >= 4 is 5.84 Å². The lowest BCUT2D eigenvalue weighted by atomic mass is 10.1. The van der Waals surface area contributed by atoms with Gasteiger partial charge in [0, 0.05) is 12.1 Å². The van der Waals surface area contributed by atoms with Gasteiger partial charge in [0.05, 0.1) is 0 Å². The van der Waals surface area contributed by atoms with Gasteiger partial charge in [-0.2, -0.15) is 0 Å². The molecule has 2 N–H and O–H groups in total. The third-order valence-corrected chi connectivity index (χ3v) is 3.18. The van der Waals surface area contributed by atoms with Crippen molar-refractivity contribution in [2.75, 3.05) is 0 Å². The highest BCUT2D eigenvalue weighted by Gasteiger charge is 2.05. The van der Waals surface area contributed by atoms with E-state index in [9.17, 15) is 0 Å². The molecule has 0 saturated heterocycles. The molecular formula is C16H18N2O. The highest BCUT2D eigenvalue weighted by atomic mass is 16.4. The number of hydrogen-bond donors (Lipinski definition) is 2. The second kappa shape index (κ2) is 6.05. The molecule has 0 amide bonds. The third kappa shape index (κ3) is 3.35. The maximum absolute atomic E-state index is 9.14. The summed E-state index contributed by atoms with van der Waals surface area (Å²) in [6.07, 6.45) is 0. The fraction of sp³-hybridized carbons (Fsp3) is 0.188. The lowest BCUT2D eigenvalue weighted by molar-refractivity contribution is 0.317. The van der Waals surface area contributed by atoms with E-state index in [-0.39, 0.29) is 0 Å². The Morgan fingerprint density at radius 1 is 1.05 bits per heavy atom. The van der Waals surface area contributed by atoms with Crippen LogP contribution in [-0.2, 0) is 6.54 Å². The minimum atomic E-state index is 0.493. The average Bonchev–Trinajstić information content (AvgIpc) is 2.44. The van der Waals surface area contributed by atoms with E-state index in [2.05, 4.69) is 17.4 Å². The van der Waals surface area contributed by atoms with Crippen molar-refractivity contribution in [3.63, 3.8) is 0 Å². The summed E-state index contributed by atoms with van der Waals surface area (Å²) in [7, 11) is 0. The average molecular weight is 254 g/mol. The highest BCUT2D eigenvalue weighted by Crippen LogP contribution is 2.10. The first-order valence-corrected chi connectivity index (χ1v) is 6.28. The van der Waals surface area contributed by atoms with Gasteiger partial charge < -0.3 is 10.5 Å². The van der Waals surface area contributed by atoms with Crippen LogP contribution in [0.3, 0.4) is 0 Å². The molecule has 0 aromatic heterocycles. The number of nitrogens with zero attached hydrogens (tertiary/aromatic N) is 1. The van der Waals surface area contributed by atoms with E-state index in [0.29, 0.717) is 12.4 Å². The van der Waals surface area contributed by atoms with E-state index in [0.717, 1.165) is 11.1 Å². The lowest BCUT2D eigenvalue weighted by Gasteiger charge is -2.10. The molecule has 98 valence electrons. The standard InChI is InChI=1S/C16H18N2O/c1-12-8-9-15(10-13(12)2)16(18-19)17-11-14-6-4-3-5-7-14/h3-10,19H,11H2,1-2H3,(H,17,18). The van der Waals surface area contributed by atoms with Gasteiger partial charge in [0.2, 0.25) is 0 Å². The van der Waals surface area contributed by atoms with Crippen LogP contribution in [0.25, 0.3) is 0 Å². The van der Waals surface area contributed by atoms with Crippen molar-refractivity contribution in [1.29, 1.82) is 0 Å². The van der Waals surface area contributed by atoms with E-state index < -0.39 is 0 Å². The van der Waals surface area contributed by atoms with E-state index in [1.165, 1.54) is 11.1 Å². The summed E-state index contributed by atoms with van der Waals surface area (Å²) in [5, 5.41) is 15.6. The molecule has 0 aliphatic rings. The summed E-state index contributed by atoms with van der Waals surface area (Å²) in [5.41, 5.74) is 4.44. The summed E-state index contributed by atoms with van der Waals surface area (Å²) in [6.45, 7) is 4.74. The fourth-order valence-corrected chi connectivity index (χ4v) is 1.87. The van der Waals surface area contributed by atoms with E-state index in [4.69, 9.17) is 5.21 Å². The Hall–Kier alpha value is -2.29. The van der Waals surface area contributed by atoms with Crippen LogP contribution < -0.4 is 5.32 Å². The first kappa shape index (κ1) is 13.1. The molecule has 3 heteroatoms. The van der Waals surface area contributed by atoms with Crippen LogP contribution in [0.1, 0.15) is 22.3 Å². The lowest BCUT2D eigenvalue weighted by Crippen LogP contribution is -2.24. The predicted octanol–water partition coefficient (Wildman–Crippen LogP) is 3.23. The molecule has 0 bridgehead atoms. The first-order chi connectivity index (χ1) is 9.20. The van der Waals surface area contributed by atoms with Gasteiger partial charge in [-0.25, -0.2) is 0 Å². The minimum absolute atomic E-state index is 0.493. The van der Waals surface area contributed by atoms with Gasteiger partial charge in [0.15, 0.2) is 5.84 Å². The highest BCUT2D eigenvalue weighted by molar-refractivity contribution is 5.98. The Morgan fingerprint density at radius 3 is 2.42 bits per heavy atom. The fourth-order valence-electron chi connectivity index (χ4n) is 1.87. The van der Waals surface area contributed by atoms with Crippen molar-refractivity contribution in [2.24, 2.45) is 5.16 Å². The summed E-state index contributed by atoms with van der Waals surface area (Å²) in [5.74, 6) is 0.493. The van der Waals surface area contributed by atoms with Crippen LogP contribution in [0.15, 0.2) is 53.7 Å². The van der Waals surface area contributed by atoms with Gasteiger partial charge in [0.1, 0.15) is 0 Å². The molecule has 0 radical (unpaired) electrons. The summed E-state index contributed by atoms with van der Waals surface area (Å²) >= 11 is 0. The maximum atomic E-state index is 9.14. The Morgan fingerprint density at radius 2 is 1.79 bits per heavy atom. The number of oxime groups is 1. The first-order valence-electron chi connectivity index (χ1n) is 6.28. The van der Waals surface area contributed by atoms with Crippen LogP contribution in [-0.4, -0.2) is 11.0 Å². The van der Waals surface area contributed by atoms with Gasteiger partial charge in [-0.1, -0.05) is 47.6 Å². The second-order valence-corrected chi connectivity index (χ2v) is 4.59. The maximum Gasteiger partial charge on any atom is 0.172 e. The Kier molecular flexibility index (Phi) is 4.18. The molecular weight excluding hydrogens is 236 g/mol. The summed E-state index contributed by atoms with van der Waals surface area (Å²) in [4.78, 5) is 0. The normalized spacial score (nSPS) is 11.4.